The summed E-state index contributed by atoms with van der Waals surface area (Å²) in [6, 6.07) is 13.9. The second kappa shape index (κ2) is 13.9. The Bertz CT molecular complexity index is 1470. The number of nitriles is 1. The average Bonchev–Trinajstić information content (AvgIpc) is 3.45. The fraction of sp³-hybridized carbons (Fsp3) is 0.500. The van der Waals surface area contributed by atoms with Gasteiger partial charge in [0.05, 0.1) is 38.0 Å². The van der Waals surface area contributed by atoms with Crippen LogP contribution >= 0.6 is 0 Å². The van der Waals surface area contributed by atoms with Gasteiger partial charge in [-0.15, -0.1) is 10.2 Å². The molecule has 0 radical (unpaired) electrons. The van der Waals surface area contributed by atoms with Crippen molar-refractivity contribution in [2.24, 2.45) is 24.8 Å². The van der Waals surface area contributed by atoms with Crippen LogP contribution in [0.25, 0.3) is 0 Å². The summed E-state index contributed by atoms with van der Waals surface area (Å²) < 4.78 is 54.5. The van der Waals surface area contributed by atoms with Gasteiger partial charge in [0.2, 0.25) is 0 Å². The number of methoxy groups -OCH3 is 1. The lowest BCUT2D eigenvalue weighted by Gasteiger charge is -2.29. The number of benzene rings is 2. The minimum Gasteiger partial charge on any atom is -0.384 e. The van der Waals surface area contributed by atoms with Crippen molar-refractivity contribution in [1.82, 2.24) is 19.7 Å². The van der Waals surface area contributed by atoms with Crippen LogP contribution in [0.5, 0.6) is 0 Å². The molecule has 1 atom stereocenters. The molecule has 1 unspecified atom stereocenters. The van der Waals surface area contributed by atoms with E-state index < -0.39 is 17.6 Å². The lowest BCUT2D eigenvalue weighted by molar-refractivity contribution is -0.138. The molecule has 0 spiro atoms. The third-order valence-corrected chi connectivity index (χ3v) is 8.40. The summed E-state index contributed by atoms with van der Waals surface area (Å²) in [5.41, 5.74) is 0.513. The molecule has 1 saturated carbocycles. The molecule has 44 heavy (non-hydrogen) atoms. The number of rotatable bonds is 7. The highest BCUT2D eigenvalue weighted by Crippen LogP contribution is 2.40. The standard InChI is InChI=1S/C23H25F3N2O3.C9H12N4/c1-30-14-17-12-27(7-8-31-15-17)11-16-9-19-20(21(10-16)23(24,25)26)13-28(22(19)29)18-5-3-2-4-6-18;1-13-6-11-12-9(13)4-7-2-8(3-7)5-10/h2-6,9-10,17H,7-8,11-15H2,1H3;6-8H,2-4H2,1H3. The Labute approximate surface area is 255 Å². The number of anilines is 1. The number of amides is 1. The van der Waals surface area contributed by atoms with Crippen molar-refractivity contribution in [1.29, 1.82) is 5.26 Å². The van der Waals surface area contributed by atoms with Gasteiger partial charge in [0.15, 0.2) is 0 Å². The van der Waals surface area contributed by atoms with Gasteiger partial charge in [0.1, 0.15) is 12.2 Å². The molecule has 3 heterocycles. The van der Waals surface area contributed by atoms with Crippen LogP contribution in [0.3, 0.4) is 0 Å². The molecule has 9 nitrogen and oxygen atoms in total. The highest BCUT2D eigenvalue weighted by Gasteiger charge is 2.40. The first-order valence-electron chi connectivity index (χ1n) is 14.8. The summed E-state index contributed by atoms with van der Waals surface area (Å²) >= 11 is 0. The van der Waals surface area contributed by atoms with Crippen LogP contribution in [0.4, 0.5) is 18.9 Å². The quantitative estimate of drug-likeness (QED) is 0.377. The zero-order valence-electron chi connectivity index (χ0n) is 25.0. The monoisotopic (exact) mass is 610 g/mol. The summed E-state index contributed by atoms with van der Waals surface area (Å²) in [5.74, 6) is 1.72. The number of halogens is 3. The van der Waals surface area contributed by atoms with E-state index in [1.807, 2.05) is 11.6 Å². The van der Waals surface area contributed by atoms with Crippen LogP contribution in [-0.4, -0.2) is 65.6 Å². The zero-order valence-corrected chi connectivity index (χ0v) is 25.0. The van der Waals surface area contributed by atoms with Crippen molar-refractivity contribution in [3.05, 3.63) is 76.9 Å². The van der Waals surface area contributed by atoms with Gasteiger partial charge < -0.3 is 18.9 Å². The fourth-order valence-corrected chi connectivity index (χ4v) is 6.08. The number of alkyl halides is 3. The van der Waals surface area contributed by atoms with E-state index in [1.165, 1.54) is 11.0 Å². The van der Waals surface area contributed by atoms with Gasteiger partial charge in [-0.2, -0.15) is 18.4 Å². The summed E-state index contributed by atoms with van der Waals surface area (Å²) in [6.45, 7) is 3.11. The topological polar surface area (TPSA) is 96.5 Å². The molecule has 6 rings (SSSR count). The van der Waals surface area contributed by atoms with Gasteiger partial charge in [0, 0.05) is 63.3 Å². The first-order valence-corrected chi connectivity index (χ1v) is 14.8. The Hall–Kier alpha value is -3.79. The number of ether oxygens (including phenoxy) is 2. The Morgan fingerprint density at radius 2 is 1.93 bits per heavy atom. The Morgan fingerprint density at radius 3 is 2.59 bits per heavy atom. The summed E-state index contributed by atoms with van der Waals surface area (Å²) in [6.07, 6.45) is 0.213. The van der Waals surface area contributed by atoms with Crippen molar-refractivity contribution in [3.63, 3.8) is 0 Å². The lowest BCUT2D eigenvalue weighted by Crippen LogP contribution is -2.31. The molecule has 2 aromatic carbocycles. The Balaban J connectivity index is 0.000000245. The van der Waals surface area contributed by atoms with Crippen molar-refractivity contribution in [2.75, 3.05) is 44.9 Å². The van der Waals surface area contributed by atoms with Crippen LogP contribution in [0, 0.1) is 29.1 Å². The van der Waals surface area contributed by atoms with E-state index in [9.17, 15) is 18.0 Å². The number of fused-ring (bicyclic) bond motifs is 1. The number of aromatic nitrogens is 3. The van der Waals surface area contributed by atoms with Crippen LogP contribution in [0.15, 0.2) is 48.8 Å². The molecule has 1 aromatic heterocycles. The molecule has 3 aliphatic rings. The molecule has 2 aliphatic heterocycles. The van der Waals surface area contributed by atoms with E-state index in [0.29, 0.717) is 62.5 Å². The summed E-state index contributed by atoms with van der Waals surface area (Å²) in [5, 5.41) is 16.4. The molecule has 3 aromatic rings. The first kappa shape index (κ1) is 31.6. The molecule has 12 heteroatoms. The smallest absolute Gasteiger partial charge is 0.384 e. The first-order chi connectivity index (χ1) is 21.2. The predicted octanol–water partition coefficient (Wildman–Crippen LogP) is 4.87. The second-order valence-electron chi connectivity index (χ2n) is 11.8. The summed E-state index contributed by atoms with van der Waals surface area (Å²) in [4.78, 5) is 16.5. The maximum Gasteiger partial charge on any atom is 0.416 e. The van der Waals surface area contributed by atoms with Crippen molar-refractivity contribution < 1.29 is 27.4 Å². The fourth-order valence-electron chi connectivity index (χ4n) is 6.08. The van der Waals surface area contributed by atoms with Gasteiger partial charge in [-0.25, -0.2) is 0 Å². The molecule has 0 bridgehead atoms. The van der Waals surface area contributed by atoms with E-state index >= 15 is 0 Å². The number of aryl methyl sites for hydroxylation is 1. The maximum absolute atomic E-state index is 13.9. The number of hydrogen-bond acceptors (Lipinski definition) is 7. The molecule has 1 amide bonds. The largest absolute Gasteiger partial charge is 0.416 e. The van der Waals surface area contributed by atoms with Crippen molar-refractivity contribution in [3.8, 4) is 6.07 Å². The minimum absolute atomic E-state index is 0.0431. The number of para-hydroxylation sites is 1. The van der Waals surface area contributed by atoms with Gasteiger partial charge in [-0.1, -0.05) is 18.2 Å². The second-order valence-corrected chi connectivity index (χ2v) is 11.8. The third kappa shape index (κ3) is 7.46. The van der Waals surface area contributed by atoms with E-state index in [0.717, 1.165) is 25.1 Å². The Kier molecular flexibility index (Phi) is 9.98. The van der Waals surface area contributed by atoms with Crippen LogP contribution in [0.1, 0.15) is 45.7 Å². The average molecular weight is 611 g/mol. The van der Waals surface area contributed by atoms with Gasteiger partial charge in [-0.05, 0) is 54.2 Å². The SMILES string of the molecule is COCC1COCCN(Cc2cc3c(c(C(F)(F)F)c2)CN(c2ccccc2)C3=O)C1.Cn1cnnc1CC1CC(C#N)C1. The van der Waals surface area contributed by atoms with Crippen LogP contribution in [0.2, 0.25) is 0 Å². The third-order valence-electron chi connectivity index (χ3n) is 8.40. The van der Waals surface area contributed by atoms with E-state index in [2.05, 4.69) is 21.2 Å². The van der Waals surface area contributed by atoms with Crippen LogP contribution < -0.4 is 4.90 Å². The number of carbonyl (C=O) groups is 1. The van der Waals surface area contributed by atoms with Crippen molar-refractivity contribution in [2.45, 2.75) is 38.5 Å². The van der Waals surface area contributed by atoms with Crippen molar-refractivity contribution >= 4 is 11.6 Å². The molecule has 234 valence electrons. The van der Waals surface area contributed by atoms with E-state index in [1.54, 1.807) is 49.8 Å². The lowest BCUT2D eigenvalue weighted by atomic mass is 9.74. The molecular formula is C32H37F3N6O3. The highest BCUT2D eigenvalue weighted by molar-refractivity contribution is 6.10. The van der Waals surface area contributed by atoms with Gasteiger partial charge >= 0.3 is 6.18 Å². The van der Waals surface area contributed by atoms with Gasteiger partial charge in [0.25, 0.3) is 5.91 Å². The van der Waals surface area contributed by atoms with E-state index in [-0.39, 0.29) is 23.6 Å². The highest BCUT2D eigenvalue weighted by atomic mass is 19.4. The molecule has 0 N–H and O–H groups in total. The Morgan fingerprint density at radius 1 is 1.16 bits per heavy atom. The minimum atomic E-state index is -4.53. The van der Waals surface area contributed by atoms with E-state index in [4.69, 9.17) is 14.7 Å². The number of carbonyl (C=O) groups excluding carboxylic acids is 1. The normalized spacial score (nSPS) is 22.0. The zero-order chi connectivity index (χ0) is 31.3. The number of hydrogen-bond donors (Lipinski definition) is 0. The number of nitrogens with zero attached hydrogens (tertiary/aromatic N) is 6. The molecule has 2 fully saturated rings. The van der Waals surface area contributed by atoms with Crippen LogP contribution in [-0.2, 0) is 42.2 Å². The maximum atomic E-state index is 13.9. The summed E-state index contributed by atoms with van der Waals surface area (Å²) in [7, 11) is 3.57. The predicted molar refractivity (Wildman–Crippen MR) is 156 cm³/mol. The molecule has 1 aliphatic carbocycles. The molecular weight excluding hydrogens is 573 g/mol. The van der Waals surface area contributed by atoms with Gasteiger partial charge in [-0.3, -0.25) is 9.69 Å². The molecule has 1 saturated heterocycles.